The number of benzene rings is 1. The van der Waals surface area contributed by atoms with Crippen LogP contribution >= 0.6 is 23.4 Å². The van der Waals surface area contributed by atoms with E-state index in [1.165, 1.54) is 11.8 Å². The SMILES string of the molecule is CSc1nc2nc(C)c(CCC(=O)Nc3ccc(N4CCCC4=O)c(Cl)c3)c(C)n2n1. The fourth-order valence-corrected chi connectivity index (χ4v) is 4.43. The zero-order chi connectivity index (χ0) is 22.1. The Morgan fingerprint density at radius 3 is 2.77 bits per heavy atom. The van der Waals surface area contributed by atoms with E-state index < -0.39 is 0 Å². The molecule has 0 radical (unpaired) electrons. The Balaban J connectivity index is 1.44. The van der Waals surface area contributed by atoms with Crippen molar-refractivity contribution in [3.8, 4) is 0 Å². The van der Waals surface area contributed by atoms with Crippen molar-refractivity contribution in [1.29, 1.82) is 0 Å². The summed E-state index contributed by atoms with van der Waals surface area (Å²) >= 11 is 7.84. The first kappa shape index (κ1) is 21.6. The largest absolute Gasteiger partial charge is 0.326 e. The molecule has 0 atom stereocenters. The Morgan fingerprint density at radius 2 is 2.10 bits per heavy atom. The summed E-state index contributed by atoms with van der Waals surface area (Å²) in [6, 6.07) is 5.24. The lowest BCUT2D eigenvalue weighted by atomic mass is 10.1. The molecule has 1 aromatic carbocycles. The highest BCUT2D eigenvalue weighted by Gasteiger charge is 2.23. The van der Waals surface area contributed by atoms with E-state index in [0.717, 1.165) is 23.4 Å². The number of carbonyl (C=O) groups excluding carboxylic acids is 2. The predicted molar refractivity (Wildman–Crippen MR) is 122 cm³/mol. The van der Waals surface area contributed by atoms with E-state index >= 15 is 0 Å². The smallest absolute Gasteiger partial charge is 0.253 e. The number of amides is 2. The zero-order valence-electron chi connectivity index (χ0n) is 17.6. The van der Waals surface area contributed by atoms with Crippen LogP contribution in [0, 0.1) is 13.8 Å². The maximum atomic E-state index is 12.5. The minimum Gasteiger partial charge on any atom is -0.326 e. The van der Waals surface area contributed by atoms with Gasteiger partial charge in [0.15, 0.2) is 0 Å². The summed E-state index contributed by atoms with van der Waals surface area (Å²) < 4.78 is 1.73. The number of anilines is 2. The van der Waals surface area contributed by atoms with E-state index in [4.69, 9.17) is 11.6 Å². The number of nitrogens with one attached hydrogen (secondary N) is 1. The molecule has 4 rings (SSSR count). The molecule has 162 valence electrons. The lowest BCUT2D eigenvalue weighted by Gasteiger charge is -2.18. The lowest BCUT2D eigenvalue weighted by Crippen LogP contribution is -2.24. The van der Waals surface area contributed by atoms with Crippen molar-refractivity contribution in [2.75, 3.05) is 23.0 Å². The Hall–Kier alpha value is -2.65. The minimum atomic E-state index is -0.122. The number of aromatic nitrogens is 4. The van der Waals surface area contributed by atoms with Gasteiger partial charge in [-0.15, -0.1) is 5.10 Å². The second-order valence-corrected chi connectivity index (χ2v) is 8.62. The predicted octanol–water partition coefficient (Wildman–Crippen LogP) is 3.81. The molecular formula is C21H23ClN6O2S. The first-order valence-corrected chi connectivity index (χ1v) is 11.6. The van der Waals surface area contributed by atoms with E-state index in [1.807, 2.05) is 20.1 Å². The van der Waals surface area contributed by atoms with Crippen LogP contribution in [0.15, 0.2) is 23.4 Å². The van der Waals surface area contributed by atoms with Crippen molar-refractivity contribution in [3.05, 3.63) is 40.2 Å². The average Bonchev–Trinajstić information content (AvgIpc) is 3.34. The summed E-state index contributed by atoms with van der Waals surface area (Å²) in [6.45, 7) is 4.56. The van der Waals surface area contributed by atoms with Gasteiger partial charge in [0.1, 0.15) is 0 Å². The van der Waals surface area contributed by atoms with Crippen molar-refractivity contribution in [1.82, 2.24) is 19.6 Å². The van der Waals surface area contributed by atoms with Gasteiger partial charge in [-0.05, 0) is 56.7 Å². The summed E-state index contributed by atoms with van der Waals surface area (Å²) in [5.74, 6) is 0.522. The molecule has 0 spiro atoms. The van der Waals surface area contributed by atoms with E-state index in [1.54, 1.807) is 27.6 Å². The van der Waals surface area contributed by atoms with E-state index in [9.17, 15) is 9.59 Å². The molecule has 10 heteroatoms. The summed E-state index contributed by atoms with van der Waals surface area (Å²) in [6.07, 6.45) is 4.13. The van der Waals surface area contributed by atoms with Gasteiger partial charge in [-0.2, -0.15) is 4.98 Å². The van der Waals surface area contributed by atoms with Crippen LogP contribution in [-0.4, -0.2) is 44.2 Å². The molecule has 0 aliphatic carbocycles. The third-order valence-electron chi connectivity index (χ3n) is 5.41. The van der Waals surface area contributed by atoms with Gasteiger partial charge in [0.05, 0.1) is 10.7 Å². The second-order valence-electron chi connectivity index (χ2n) is 7.43. The van der Waals surface area contributed by atoms with Gasteiger partial charge in [0.2, 0.25) is 17.0 Å². The number of halogens is 1. The molecule has 1 aliphatic rings. The molecule has 0 unspecified atom stereocenters. The lowest BCUT2D eigenvalue weighted by molar-refractivity contribution is -0.117. The average molecular weight is 459 g/mol. The molecule has 3 aromatic rings. The molecule has 1 aliphatic heterocycles. The van der Waals surface area contributed by atoms with Crippen LogP contribution in [0.25, 0.3) is 5.78 Å². The van der Waals surface area contributed by atoms with Crippen LogP contribution < -0.4 is 10.2 Å². The first-order valence-electron chi connectivity index (χ1n) is 10.0. The van der Waals surface area contributed by atoms with Crippen LogP contribution in [-0.2, 0) is 16.0 Å². The van der Waals surface area contributed by atoms with Crippen LogP contribution in [0.1, 0.15) is 36.2 Å². The molecule has 1 fully saturated rings. The fourth-order valence-electron chi connectivity index (χ4n) is 3.81. The summed E-state index contributed by atoms with van der Waals surface area (Å²) in [5, 5.41) is 8.45. The van der Waals surface area contributed by atoms with Crippen LogP contribution in [0.4, 0.5) is 11.4 Å². The van der Waals surface area contributed by atoms with Gasteiger partial charge >= 0.3 is 0 Å². The number of rotatable bonds is 6. The summed E-state index contributed by atoms with van der Waals surface area (Å²) in [4.78, 5) is 35.1. The number of hydrogen-bond donors (Lipinski definition) is 1. The third-order valence-corrected chi connectivity index (χ3v) is 6.25. The fraction of sp³-hybridized carbons (Fsp3) is 0.381. The van der Waals surface area contributed by atoms with Gasteiger partial charge in [-0.1, -0.05) is 23.4 Å². The number of hydrogen-bond acceptors (Lipinski definition) is 6. The molecule has 31 heavy (non-hydrogen) atoms. The Bertz CT molecular complexity index is 1180. The number of nitrogens with zero attached hydrogens (tertiary/aromatic N) is 5. The summed E-state index contributed by atoms with van der Waals surface area (Å²) in [5.41, 5.74) is 4.06. The maximum Gasteiger partial charge on any atom is 0.253 e. The normalized spacial score (nSPS) is 13.9. The zero-order valence-corrected chi connectivity index (χ0v) is 19.2. The highest BCUT2D eigenvalue weighted by atomic mass is 35.5. The molecule has 3 heterocycles. The standard InChI is InChI=1S/C21H23ClN6O2S/c1-12-15(13(2)28-20(23-12)25-21(26-28)31-3)7-9-18(29)24-14-6-8-17(16(22)11-14)27-10-4-5-19(27)30/h6,8,11H,4-5,7,9-10H2,1-3H3,(H,24,29). The third kappa shape index (κ3) is 4.38. The molecule has 8 nitrogen and oxygen atoms in total. The van der Waals surface area contributed by atoms with Crippen LogP contribution in [0.3, 0.4) is 0 Å². The number of thioether (sulfide) groups is 1. The molecule has 0 bridgehead atoms. The molecule has 1 N–H and O–H groups in total. The first-order chi connectivity index (χ1) is 14.9. The molecule has 2 amide bonds. The van der Waals surface area contributed by atoms with Crippen molar-refractivity contribution in [2.45, 2.75) is 44.7 Å². The second kappa shape index (κ2) is 8.84. The van der Waals surface area contributed by atoms with E-state index in [2.05, 4.69) is 20.4 Å². The monoisotopic (exact) mass is 458 g/mol. The van der Waals surface area contributed by atoms with Gasteiger partial charge in [0.25, 0.3) is 5.78 Å². The van der Waals surface area contributed by atoms with Crippen LogP contribution in [0.5, 0.6) is 0 Å². The van der Waals surface area contributed by atoms with Crippen molar-refractivity contribution in [3.63, 3.8) is 0 Å². The van der Waals surface area contributed by atoms with E-state index in [-0.39, 0.29) is 11.8 Å². The van der Waals surface area contributed by atoms with Crippen LogP contribution in [0.2, 0.25) is 5.02 Å². The quantitative estimate of drug-likeness (QED) is 0.564. The molecular weight excluding hydrogens is 436 g/mol. The molecule has 2 aromatic heterocycles. The molecule has 0 saturated carbocycles. The van der Waals surface area contributed by atoms with Crippen molar-refractivity contribution < 1.29 is 9.59 Å². The van der Waals surface area contributed by atoms with Gasteiger partial charge in [-0.25, -0.2) is 9.50 Å². The molecule has 1 saturated heterocycles. The van der Waals surface area contributed by atoms with E-state index in [0.29, 0.717) is 53.1 Å². The number of fused-ring (bicyclic) bond motifs is 1. The Kier molecular flexibility index (Phi) is 6.15. The van der Waals surface area contributed by atoms with Gasteiger partial charge < -0.3 is 10.2 Å². The van der Waals surface area contributed by atoms with Gasteiger partial charge in [0, 0.05) is 36.5 Å². The summed E-state index contributed by atoms with van der Waals surface area (Å²) in [7, 11) is 0. The minimum absolute atomic E-state index is 0.0760. The topological polar surface area (TPSA) is 92.5 Å². The Labute approximate surface area is 189 Å². The highest BCUT2D eigenvalue weighted by molar-refractivity contribution is 7.98. The Morgan fingerprint density at radius 1 is 1.29 bits per heavy atom. The number of carbonyl (C=O) groups is 2. The highest BCUT2D eigenvalue weighted by Crippen LogP contribution is 2.31. The van der Waals surface area contributed by atoms with Crippen molar-refractivity contribution in [2.24, 2.45) is 0 Å². The number of aryl methyl sites for hydroxylation is 2. The van der Waals surface area contributed by atoms with Gasteiger partial charge in [-0.3, -0.25) is 9.59 Å². The maximum absolute atomic E-state index is 12.5. The van der Waals surface area contributed by atoms with Crippen molar-refractivity contribution >= 4 is 52.3 Å².